The molecule has 2 unspecified atom stereocenters. The van der Waals surface area contributed by atoms with E-state index in [1.54, 1.807) is 6.07 Å². The zero-order valence-electron chi connectivity index (χ0n) is 8.01. The van der Waals surface area contributed by atoms with Gasteiger partial charge < -0.3 is 14.9 Å². The number of aliphatic hydroxyl groups excluding tert-OH is 2. The molecular formula is C9H11ClO4S. The van der Waals surface area contributed by atoms with E-state index in [1.165, 1.54) is 13.2 Å². The molecule has 6 heteroatoms. The minimum Gasteiger partial charge on any atom is -0.465 e. The molecule has 1 heterocycles. The zero-order chi connectivity index (χ0) is 11.4. The fraction of sp³-hybridized carbons (Fsp3) is 0.444. The molecule has 2 N–H and O–H groups in total. The molecule has 0 spiro atoms. The second kappa shape index (κ2) is 5.46. The molecule has 15 heavy (non-hydrogen) atoms. The second-order valence-electron chi connectivity index (χ2n) is 2.86. The summed E-state index contributed by atoms with van der Waals surface area (Å²) in [7, 11) is 1.28. The number of hydrogen-bond acceptors (Lipinski definition) is 5. The van der Waals surface area contributed by atoms with E-state index in [0.29, 0.717) is 9.75 Å². The largest absolute Gasteiger partial charge is 0.465 e. The smallest absolute Gasteiger partial charge is 0.348 e. The number of ether oxygens (including phenoxy) is 1. The van der Waals surface area contributed by atoms with Crippen molar-refractivity contribution < 1.29 is 19.7 Å². The summed E-state index contributed by atoms with van der Waals surface area (Å²) >= 11 is 6.47. The summed E-state index contributed by atoms with van der Waals surface area (Å²) in [6.45, 7) is 0. The molecule has 0 aliphatic carbocycles. The molecule has 1 aromatic heterocycles. The molecule has 0 bridgehead atoms. The quantitative estimate of drug-likeness (QED) is 0.622. The maximum atomic E-state index is 11.1. The Kier molecular flexibility index (Phi) is 4.53. The molecule has 0 aromatic carbocycles. The second-order valence-corrected chi connectivity index (χ2v) is 4.28. The Bertz CT molecular complexity index is 339. The van der Waals surface area contributed by atoms with Crippen molar-refractivity contribution in [3.05, 3.63) is 21.9 Å². The molecule has 0 aliphatic heterocycles. The predicted molar refractivity (Wildman–Crippen MR) is 57.3 cm³/mol. The lowest BCUT2D eigenvalue weighted by Crippen LogP contribution is -2.18. The van der Waals surface area contributed by atoms with Crippen LogP contribution >= 0.6 is 22.9 Å². The van der Waals surface area contributed by atoms with E-state index in [9.17, 15) is 15.0 Å². The van der Waals surface area contributed by atoms with Crippen molar-refractivity contribution in [2.45, 2.75) is 12.2 Å². The van der Waals surface area contributed by atoms with E-state index in [0.717, 1.165) is 11.3 Å². The third-order valence-electron chi connectivity index (χ3n) is 1.83. The molecule has 0 radical (unpaired) electrons. The Morgan fingerprint density at radius 1 is 1.60 bits per heavy atom. The summed E-state index contributed by atoms with van der Waals surface area (Å²) in [5.74, 6) is -0.522. The number of thiophene rings is 1. The molecule has 0 saturated carbocycles. The fourth-order valence-corrected chi connectivity index (χ4v) is 2.14. The van der Waals surface area contributed by atoms with E-state index in [4.69, 9.17) is 11.6 Å². The first kappa shape index (κ1) is 12.4. The molecule has 2 atom stereocenters. The third kappa shape index (κ3) is 2.92. The van der Waals surface area contributed by atoms with Crippen LogP contribution in [0.15, 0.2) is 12.1 Å². The normalized spacial score (nSPS) is 14.7. The van der Waals surface area contributed by atoms with Gasteiger partial charge in [0.2, 0.25) is 0 Å². The number of alkyl halides is 1. The Labute approximate surface area is 96.1 Å². The minimum atomic E-state index is -1.06. The van der Waals surface area contributed by atoms with Gasteiger partial charge in [0, 0.05) is 4.88 Å². The van der Waals surface area contributed by atoms with E-state index < -0.39 is 18.2 Å². The van der Waals surface area contributed by atoms with E-state index in [1.807, 2.05) is 0 Å². The van der Waals surface area contributed by atoms with Crippen molar-refractivity contribution in [1.82, 2.24) is 0 Å². The predicted octanol–water partition coefficient (Wildman–Crippen LogP) is 1.17. The van der Waals surface area contributed by atoms with Gasteiger partial charge in [-0.2, -0.15) is 0 Å². The number of rotatable bonds is 4. The summed E-state index contributed by atoms with van der Waals surface area (Å²) in [5.41, 5.74) is 0. The van der Waals surface area contributed by atoms with Crippen LogP contribution in [0.2, 0.25) is 0 Å². The van der Waals surface area contributed by atoms with Crippen molar-refractivity contribution in [1.29, 1.82) is 0 Å². The molecule has 4 nitrogen and oxygen atoms in total. The monoisotopic (exact) mass is 250 g/mol. The van der Waals surface area contributed by atoms with Gasteiger partial charge in [-0.25, -0.2) is 4.79 Å². The molecule has 84 valence electrons. The van der Waals surface area contributed by atoms with Crippen LogP contribution in [0.25, 0.3) is 0 Å². The van der Waals surface area contributed by atoms with Gasteiger partial charge in [0.15, 0.2) is 0 Å². The Morgan fingerprint density at radius 2 is 2.27 bits per heavy atom. The summed E-state index contributed by atoms with van der Waals surface area (Å²) in [6, 6.07) is 3.10. The van der Waals surface area contributed by atoms with Crippen LogP contribution < -0.4 is 0 Å². The van der Waals surface area contributed by atoms with Gasteiger partial charge in [0.25, 0.3) is 0 Å². The highest BCUT2D eigenvalue weighted by molar-refractivity contribution is 7.14. The number of methoxy groups -OCH3 is 1. The Hall–Kier alpha value is -0.620. The van der Waals surface area contributed by atoms with Gasteiger partial charge >= 0.3 is 5.97 Å². The Balaban J connectivity index is 2.79. The lowest BCUT2D eigenvalue weighted by molar-refractivity contribution is 0.0350. The van der Waals surface area contributed by atoms with Gasteiger partial charge in [0.1, 0.15) is 11.0 Å². The van der Waals surface area contributed by atoms with E-state index in [2.05, 4.69) is 4.74 Å². The maximum Gasteiger partial charge on any atom is 0.348 e. The lowest BCUT2D eigenvalue weighted by atomic mass is 10.2. The summed E-state index contributed by atoms with van der Waals surface area (Å²) in [5, 5.41) is 18.9. The van der Waals surface area contributed by atoms with Crippen molar-refractivity contribution in [2.75, 3.05) is 13.0 Å². The zero-order valence-corrected chi connectivity index (χ0v) is 9.59. The van der Waals surface area contributed by atoms with Crippen LogP contribution in [-0.2, 0) is 4.74 Å². The van der Waals surface area contributed by atoms with Gasteiger partial charge in [-0.15, -0.1) is 22.9 Å². The molecule has 0 saturated heterocycles. The highest BCUT2D eigenvalue weighted by Gasteiger charge is 2.20. The SMILES string of the molecule is COC(=O)c1ccc(C(O)C(O)CCl)s1. The molecular weight excluding hydrogens is 240 g/mol. The van der Waals surface area contributed by atoms with Crippen LogP contribution in [0.1, 0.15) is 20.7 Å². The maximum absolute atomic E-state index is 11.1. The number of esters is 1. The number of aliphatic hydroxyl groups is 2. The molecule has 1 rings (SSSR count). The van der Waals surface area contributed by atoms with E-state index >= 15 is 0 Å². The topological polar surface area (TPSA) is 66.8 Å². The fourth-order valence-electron chi connectivity index (χ4n) is 0.996. The summed E-state index contributed by atoms with van der Waals surface area (Å²) < 4.78 is 4.52. The van der Waals surface area contributed by atoms with Crippen molar-refractivity contribution >= 4 is 28.9 Å². The first-order chi connectivity index (χ1) is 7.10. The van der Waals surface area contributed by atoms with Crippen LogP contribution in [0.3, 0.4) is 0 Å². The Morgan fingerprint density at radius 3 is 2.80 bits per heavy atom. The molecule has 0 amide bonds. The van der Waals surface area contributed by atoms with Crippen LogP contribution in [-0.4, -0.2) is 35.3 Å². The molecule has 1 aromatic rings. The van der Waals surface area contributed by atoms with Gasteiger partial charge in [-0.3, -0.25) is 0 Å². The van der Waals surface area contributed by atoms with Gasteiger partial charge in [-0.1, -0.05) is 0 Å². The third-order valence-corrected chi connectivity index (χ3v) is 3.28. The summed E-state index contributed by atoms with van der Waals surface area (Å²) in [4.78, 5) is 12.0. The van der Waals surface area contributed by atoms with Gasteiger partial charge in [-0.05, 0) is 12.1 Å². The number of halogens is 1. The minimum absolute atomic E-state index is 0.0629. The lowest BCUT2D eigenvalue weighted by Gasteiger charge is -2.12. The highest BCUT2D eigenvalue weighted by Crippen LogP contribution is 2.26. The standard InChI is InChI=1S/C9H11ClO4S/c1-14-9(13)7-3-2-6(15-7)8(12)5(11)4-10/h2-3,5,8,11-12H,4H2,1H3. The van der Waals surface area contributed by atoms with Crippen LogP contribution in [0.4, 0.5) is 0 Å². The van der Waals surface area contributed by atoms with Crippen molar-refractivity contribution in [3.63, 3.8) is 0 Å². The average Bonchev–Trinajstić information content (AvgIpc) is 2.75. The van der Waals surface area contributed by atoms with Crippen LogP contribution in [0.5, 0.6) is 0 Å². The summed E-state index contributed by atoms with van der Waals surface area (Å²) in [6.07, 6.45) is -2.10. The van der Waals surface area contributed by atoms with E-state index in [-0.39, 0.29) is 5.88 Å². The van der Waals surface area contributed by atoms with Gasteiger partial charge in [0.05, 0.1) is 19.1 Å². The number of carbonyl (C=O) groups excluding carboxylic acids is 1. The van der Waals surface area contributed by atoms with Crippen molar-refractivity contribution in [2.24, 2.45) is 0 Å². The number of hydrogen-bond donors (Lipinski definition) is 2. The van der Waals surface area contributed by atoms with Crippen molar-refractivity contribution in [3.8, 4) is 0 Å². The molecule has 0 aliphatic rings. The average molecular weight is 251 g/mol. The first-order valence-electron chi connectivity index (χ1n) is 4.20. The highest BCUT2D eigenvalue weighted by atomic mass is 35.5. The van der Waals surface area contributed by atoms with Crippen LogP contribution in [0, 0.1) is 0 Å². The molecule has 0 fully saturated rings. The number of carbonyl (C=O) groups is 1. The first-order valence-corrected chi connectivity index (χ1v) is 5.55.